The average Bonchev–Trinajstić information content (AvgIpc) is 3.16. The number of benzene rings is 2. The monoisotopic (exact) mass is 462 g/mol. The summed E-state index contributed by atoms with van der Waals surface area (Å²) in [6, 6.07) is 16.3. The number of nitrogens with zero attached hydrogens (tertiary/aromatic N) is 3. The van der Waals surface area contributed by atoms with Gasteiger partial charge in [0.05, 0.1) is 23.8 Å². The normalized spacial score (nSPS) is 11.3. The van der Waals surface area contributed by atoms with Crippen molar-refractivity contribution in [2.45, 2.75) is 37.7 Å². The van der Waals surface area contributed by atoms with Crippen LogP contribution in [0.2, 0.25) is 0 Å². The van der Waals surface area contributed by atoms with Gasteiger partial charge in [0.1, 0.15) is 5.82 Å². The van der Waals surface area contributed by atoms with Crippen molar-refractivity contribution in [3.8, 4) is 0 Å². The maximum absolute atomic E-state index is 14.3. The zero-order valence-electron chi connectivity index (χ0n) is 18.8. The van der Waals surface area contributed by atoms with Crippen LogP contribution in [0.5, 0.6) is 0 Å². The highest BCUT2D eigenvalue weighted by atomic mass is 32.2. The summed E-state index contributed by atoms with van der Waals surface area (Å²) in [4.78, 5) is 21.3. The van der Waals surface area contributed by atoms with E-state index in [1.165, 1.54) is 6.07 Å². The number of pyridine rings is 1. The smallest absolute Gasteiger partial charge is 0.251 e. The molecule has 4 aromatic rings. The Bertz CT molecular complexity index is 1240. The molecule has 0 spiro atoms. The van der Waals surface area contributed by atoms with Crippen molar-refractivity contribution in [1.29, 1.82) is 0 Å². The highest BCUT2D eigenvalue weighted by Crippen LogP contribution is 2.28. The summed E-state index contributed by atoms with van der Waals surface area (Å²) in [7, 11) is 0. The van der Waals surface area contributed by atoms with E-state index in [-0.39, 0.29) is 11.7 Å². The summed E-state index contributed by atoms with van der Waals surface area (Å²) in [6.07, 6.45) is 4.44. The van der Waals surface area contributed by atoms with Gasteiger partial charge in [0.15, 0.2) is 5.16 Å². The molecule has 2 heterocycles. The lowest BCUT2D eigenvalue weighted by Gasteiger charge is -2.10. The van der Waals surface area contributed by atoms with E-state index >= 15 is 0 Å². The lowest BCUT2D eigenvalue weighted by atomic mass is 10.1. The zero-order chi connectivity index (χ0) is 23.2. The van der Waals surface area contributed by atoms with E-state index in [9.17, 15) is 9.18 Å². The number of imidazole rings is 1. The molecule has 2 aromatic heterocycles. The van der Waals surface area contributed by atoms with Gasteiger partial charge in [-0.05, 0) is 42.2 Å². The maximum atomic E-state index is 14.3. The van der Waals surface area contributed by atoms with Crippen molar-refractivity contribution in [2.24, 2.45) is 5.92 Å². The van der Waals surface area contributed by atoms with Gasteiger partial charge < -0.3 is 9.88 Å². The Labute approximate surface area is 197 Å². The third-order valence-electron chi connectivity index (χ3n) is 5.39. The van der Waals surface area contributed by atoms with E-state index in [0.717, 1.165) is 28.2 Å². The molecule has 33 heavy (non-hydrogen) atoms. The zero-order valence-corrected chi connectivity index (χ0v) is 19.6. The van der Waals surface area contributed by atoms with Gasteiger partial charge in [0, 0.05) is 29.6 Å². The highest BCUT2D eigenvalue weighted by Gasteiger charge is 2.14. The lowest BCUT2D eigenvalue weighted by Crippen LogP contribution is -2.25. The lowest BCUT2D eigenvalue weighted by molar-refractivity contribution is 0.0952. The molecule has 7 heteroatoms. The Balaban J connectivity index is 1.47. The summed E-state index contributed by atoms with van der Waals surface area (Å²) in [5.41, 5.74) is 4.05. The number of halogens is 1. The van der Waals surface area contributed by atoms with Crippen molar-refractivity contribution in [1.82, 2.24) is 19.9 Å². The number of rotatable bonds is 9. The van der Waals surface area contributed by atoms with Gasteiger partial charge in [-0.2, -0.15) is 0 Å². The second kappa shape index (κ2) is 10.6. The summed E-state index contributed by atoms with van der Waals surface area (Å²) >= 11 is 1.58. The summed E-state index contributed by atoms with van der Waals surface area (Å²) in [5.74, 6) is 0.960. The molecule has 4 rings (SSSR count). The van der Waals surface area contributed by atoms with Gasteiger partial charge in [-0.15, -0.1) is 0 Å². The quantitative estimate of drug-likeness (QED) is 0.325. The standard InChI is InChI=1S/C26H27FN4OS/c1-18(2)11-14-29-25(32)20-9-7-19(8-10-20)17-33-26-30-23-12-13-28-15-24(23)31(26)16-21-5-3-4-6-22(21)27/h3-10,12-13,15,18H,11,14,16-17H2,1-2H3,(H,29,32). The fourth-order valence-electron chi connectivity index (χ4n) is 3.48. The number of hydrogen-bond acceptors (Lipinski definition) is 4. The third-order valence-corrected chi connectivity index (χ3v) is 6.44. The van der Waals surface area contributed by atoms with Crippen LogP contribution in [0, 0.1) is 11.7 Å². The number of nitrogens with one attached hydrogen (secondary N) is 1. The van der Waals surface area contributed by atoms with Crippen LogP contribution in [0.3, 0.4) is 0 Å². The minimum absolute atomic E-state index is 0.0472. The van der Waals surface area contributed by atoms with Crippen LogP contribution in [-0.4, -0.2) is 27.0 Å². The van der Waals surface area contributed by atoms with Crippen molar-refractivity contribution < 1.29 is 9.18 Å². The highest BCUT2D eigenvalue weighted by molar-refractivity contribution is 7.98. The van der Waals surface area contributed by atoms with Gasteiger partial charge in [0.25, 0.3) is 5.91 Å². The largest absolute Gasteiger partial charge is 0.352 e. The Hall–Kier alpha value is -3.19. The molecule has 0 bridgehead atoms. The molecule has 0 saturated carbocycles. The molecule has 0 unspecified atom stereocenters. The van der Waals surface area contributed by atoms with Gasteiger partial charge in [0.2, 0.25) is 0 Å². The number of fused-ring (bicyclic) bond motifs is 1. The first-order valence-corrected chi connectivity index (χ1v) is 12.0. The van der Waals surface area contributed by atoms with E-state index in [4.69, 9.17) is 4.98 Å². The van der Waals surface area contributed by atoms with Crippen molar-refractivity contribution in [3.63, 3.8) is 0 Å². The molecule has 0 aliphatic carbocycles. The fourth-order valence-corrected chi connectivity index (χ4v) is 4.45. The Morgan fingerprint density at radius 3 is 2.67 bits per heavy atom. The molecule has 2 aromatic carbocycles. The van der Waals surface area contributed by atoms with Crippen molar-refractivity contribution in [2.75, 3.05) is 6.54 Å². The van der Waals surface area contributed by atoms with E-state index in [1.54, 1.807) is 36.3 Å². The Morgan fingerprint density at radius 2 is 1.91 bits per heavy atom. The first-order chi connectivity index (χ1) is 16.0. The molecule has 0 saturated heterocycles. The van der Waals surface area contributed by atoms with Crippen molar-refractivity contribution >= 4 is 28.7 Å². The van der Waals surface area contributed by atoms with Crippen molar-refractivity contribution in [3.05, 3.63) is 89.5 Å². The summed E-state index contributed by atoms with van der Waals surface area (Å²) < 4.78 is 16.3. The van der Waals surface area contributed by atoms with Gasteiger partial charge in [-0.1, -0.05) is 55.9 Å². The first-order valence-electron chi connectivity index (χ1n) is 11.0. The predicted molar refractivity (Wildman–Crippen MR) is 131 cm³/mol. The molecule has 0 aliphatic rings. The molecule has 0 fully saturated rings. The average molecular weight is 463 g/mol. The molecule has 0 radical (unpaired) electrons. The second-order valence-corrected chi connectivity index (χ2v) is 9.30. The first kappa shape index (κ1) is 23.0. The fraction of sp³-hybridized carbons (Fsp3) is 0.269. The third kappa shape index (κ3) is 5.79. The number of carbonyl (C=O) groups is 1. The molecule has 5 nitrogen and oxygen atoms in total. The van der Waals surface area contributed by atoms with E-state index in [1.807, 2.05) is 41.0 Å². The van der Waals surface area contributed by atoms with Crippen LogP contribution in [0.15, 0.2) is 72.1 Å². The minimum atomic E-state index is -0.235. The van der Waals surface area contributed by atoms with E-state index in [0.29, 0.717) is 35.9 Å². The van der Waals surface area contributed by atoms with Crippen LogP contribution in [0.25, 0.3) is 11.0 Å². The number of amides is 1. The summed E-state index contributed by atoms with van der Waals surface area (Å²) in [6.45, 7) is 5.34. The SMILES string of the molecule is CC(C)CCNC(=O)c1ccc(CSc2nc3ccncc3n2Cc2ccccc2F)cc1. The van der Waals surface area contributed by atoms with Gasteiger partial charge in [-0.3, -0.25) is 9.78 Å². The van der Waals surface area contributed by atoms with Crippen LogP contribution >= 0.6 is 11.8 Å². The Morgan fingerprint density at radius 1 is 1.12 bits per heavy atom. The Kier molecular flexibility index (Phi) is 7.40. The van der Waals surface area contributed by atoms with Crippen LogP contribution < -0.4 is 5.32 Å². The topological polar surface area (TPSA) is 59.8 Å². The molecule has 0 atom stereocenters. The molecule has 1 amide bonds. The maximum Gasteiger partial charge on any atom is 0.251 e. The van der Waals surface area contributed by atoms with Crippen LogP contribution in [0.1, 0.15) is 41.8 Å². The molecule has 170 valence electrons. The van der Waals surface area contributed by atoms with Gasteiger partial charge >= 0.3 is 0 Å². The van der Waals surface area contributed by atoms with E-state index < -0.39 is 0 Å². The molecule has 1 N–H and O–H groups in total. The van der Waals surface area contributed by atoms with E-state index in [2.05, 4.69) is 24.1 Å². The number of thioether (sulfide) groups is 1. The number of aromatic nitrogens is 3. The number of hydrogen-bond donors (Lipinski definition) is 1. The molecular weight excluding hydrogens is 435 g/mol. The number of carbonyl (C=O) groups excluding carboxylic acids is 1. The van der Waals surface area contributed by atoms with Crippen LogP contribution in [0.4, 0.5) is 4.39 Å². The van der Waals surface area contributed by atoms with Crippen LogP contribution in [-0.2, 0) is 12.3 Å². The minimum Gasteiger partial charge on any atom is -0.352 e. The summed E-state index contributed by atoms with van der Waals surface area (Å²) in [5, 5.41) is 3.77. The van der Waals surface area contributed by atoms with Gasteiger partial charge in [-0.25, -0.2) is 9.37 Å². The molecule has 0 aliphatic heterocycles. The predicted octanol–water partition coefficient (Wildman–Crippen LogP) is 5.69. The second-order valence-electron chi connectivity index (χ2n) is 8.36. The molecular formula is C26H27FN4OS.